The lowest BCUT2D eigenvalue weighted by molar-refractivity contribution is 0.0941. The van der Waals surface area contributed by atoms with Crippen LogP contribution in [0.15, 0.2) is 57.7 Å². The number of aryl methyl sites for hydroxylation is 1. The number of rotatable bonds is 6. The molecule has 0 radical (unpaired) electrons. The number of nitrogens with one attached hydrogen (secondary N) is 1. The van der Waals surface area contributed by atoms with Crippen molar-refractivity contribution in [2.24, 2.45) is 0 Å². The molecule has 0 fully saturated rings. The van der Waals surface area contributed by atoms with Crippen LogP contribution in [0.25, 0.3) is 11.3 Å². The summed E-state index contributed by atoms with van der Waals surface area (Å²) >= 11 is 5.15. The Labute approximate surface area is 172 Å². The van der Waals surface area contributed by atoms with Crippen LogP contribution in [0.3, 0.4) is 0 Å². The predicted octanol–water partition coefficient (Wildman–Crippen LogP) is 4.91. The van der Waals surface area contributed by atoms with Crippen LogP contribution in [-0.4, -0.2) is 36.4 Å². The minimum atomic E-state index is -0.0946. The summed E-state index contributed by atoms with van der Waals surface area (Å²) in [5.41, 5.74) is 4.42. The number of aromatic nitrogens is 1. The topological polar surface area (TPSA) is 45.2 Å². The largest absolute Gasteiger partial charge is 0.350 e. The number of carbonyl (C=O) groups is 1. The van der Waals surface area contributed by atoms with Gasteiger partial charge < -0.3 is 10.2 Å². The molecule has 1 N–H and O–H groups in total. The molecule has 6 heteroatoms. The molecular weight excluding hydrogens is 422 g/mol. The van der Waals surface area contributed by atoms with Gasteiger partial charge in [0.2, 0.25) is 0 Å². The Hall–Kier alpha value is -2.02. The molecule has 0 spiro atoms. The summed E-state index contributed by atoms with van der Waals surface area (Å²) in [6.07, 6.45) is 0. The Morgan fingerprint density at radius 3 is 2.70 bits per heavy atom. The number of pyridine rings is 1. The van der Waals surface area contributed by atoms with Gasteiger partial charge in [-0.15, -0.1) is 0 Å². The summed E-state index contributed by atoms with van der Waals surface area (Å²) in [5.74, 6) is -0.0946. The monoisotopic (exact) mass is 443 g/mol. The molecule has 0 saturated carbocycles. The van der Waals surface area contributed by atoms with E-state index in [2.05, 4.69) is 48.0 Å². The second-order valence-electron chi connectivity index (χ2n) is 6.59. The summed E-state index contributed by atoms with van der Waals surface area (Å²) in [5, 5.41) is 7.23. The highest BCUT2D eigenvalue weighted by Gasteiger charge is 2.17. The van der Waals surface area contributed by atoms with Crippen molar-refractivity contribution in [1.82, 2.24) is 15.2 Å². The normalized spacial score (nSPS) is 12.2. The maximum absolute atomic E-state index is 12.7. The molecule has 140 valence electrons. The lowest BCUT2D eigenvalue weighted by Gasteiger charge is -2.24. The van der Waals surface area contributed by atoms with E-state index in [1.54, 1.807) is 11.3 Å². The molecule has 1 atom stereocenters. The third-order valence-corrected chi connectivity index (χ3v) is 5.65. The molecule has 3 rings (SSSR count). The van der Waals surface area contributed by atoms with Gasteiger partial charge in [-0.25, -0.2) is 0 Å². The maximum atomic E-state index is 12.7. The van der Waals surface area contributed by atoms with Crippen LogP contribution < -0.4 is 5.32 Å². The zero-order chi connectivity index (χ0) is 19.4. The van der Waals surface area contributed by atoms with Gasteiger partial charge in [0.25, 0.3) is 5.91 Å². The summed E-state index contributed by atoms with van der Waals surface area (Å²) in [4.78, 5) is 19.4. The predicted molar refractivity (Wildman–Crippen MR) is 115 cm³/mol. The first-order chi connectivity index (χ1) is 13.0. The number of hydrogen-bond acceptors (Lipinski definition) is 4. The molecule has 0 aliphatic carbocycles. The molecular formula is C21H22BrN3OS. The van der Waals surface area contributed by atoms with E-state index in [1.807, 2.05) is 57.4 Å². The van der Waals surface area contributed by atoms with Gasteiger partial charge in [0.1, 0.15) is 0 Å². The molecule has 0 aliphatic rings. The average Bonchev–Trinajstić information content (AvgIpc) is 3.15. The van der Waals surface area contributed by atoms with Crippen LogP contribution in [-0.2, 0) is 0 Å². The van der Waals surface area contributed by atoms with Crippen molar-refractivity contribution in [2.45, 2.75) is 13.0 Å². The molecule has 27 heavy (non-hydrogen) atoms. The first-order valence-electron chi connectivity index (χ1n) is 8.66. The summed E-state index contributed by atoms with van der Waals surface area (Å²) in [6.45, 7) is 2.42. The Bertz CT molecular complexity index is 925. The zero-order valence-electron chi connectivity index (χ0n) is 15.6. The quantitative estimate of drug-likeness (QED) is 0.588. The van der Waals surface area contributed by atoms with Crippen LogP contribution in [0.4, 0.5) is 0 Å². The van der Waals surface area contributed by atoms with Gasteiger partial charge >= 0.3 is 0 Å². The highest BCUT2D eigenvalue weighted by Crippen LogP contribution is 2.23. The number of halogens is 1. The third-order valence-electron chi connectivity index (χ3n) is 4.46. The van der Waals surface area contributed by atoms with E-state index in [4.69, 9.17) is 0 Å². The van der Waals surface area contributed by atoms with E-state index in [0.29, 0.717) is 12.1 Å². The lowest BCUT2D eigenvalue weighted by atomic mass is 10.1. The van der Waals surface area contributed by atoms with Gasteiger partial charge in [-0.1, -0.05) is 28.1 Å². The number of hydrogen-bond donors (Lipinski definition) is 1. The molecule has 3 aromatic rings. The average molecular weight is 444 g/mol. The molecule has 1 amide bonds. The molecule has 0 bridgehead atoms. The van der Waals surface area contributed by atoms with Crippen molar-refractivity contribution in [3.63, 3.8) is 0 Å². The van der Waals surface area contributed by atoms with E-state index < -0.39 is 0 Å². The van der Waals surface area contributed by atoms with E-state index in [-0.39, 0.29) is 11.9 Å². The first kappa shape index (κ1) is 19.7. The molecule has 1 unspecified atom stereocenters. The third kappa shape index (κ3) is 4.83. The number of amides is 1. The van der Waals surface area contributed by atoms with Crippen molar-refractivity contribution >= 4 is 33.2 Å². The molecule has 0 aliphatic heterocycles. The van der Waals surface area contributed by atoms with Crippen molar-refractivity contribution in [2.75, 3.05) is 20.6 Å². The molecule has 4 nitrogen and oxygen atoms in total. The summed E-state index contributed by atoms with van der Waals surface area (Å²) in [6, 6.07) is 14.0. The minimum Gasteiger partial charge on any atom is -0.350 e. The van der Waals surface area contributed by atoms with Crippen LogP contribution in [0.5, 0.6) is 0 Å². The Morgan fingerprint density at radius 1 is 1.26 bits per heavy atom. The zero-order valence-corrected chi connectivity index (χ0v) is 18.0. The van der Waals surface area contributed by atoms with Gasteiger partial charge in [-0.2, -0.15) is 11.3 Å². The molecule has 2 heterocycles. The van der Waals surface area contributed by atoms with Crippen molar-refractivity contribution < 1.29 is 4.79 Å². The van der Waals surface area contributed by atoms with Crippen LogP contribution in [0, 0.1) is 6.92 Å². The fraction of sp³-hybridized carbons (Fsp3) is 0.238. The summed E-state index contributed by atoms with van der Waals surface area (Å²) in [7, 11) is 4.04. The second kappa shape index (κ2) is 8.78. The minimum absolute atomic E-state index is 0.0946. The van der Waals surface area contributed by atoms with Gasteiger partial charge in [0, 0.05) is 16.6 Å². The number of carbonyl (C=O) groups excluding carboxylic acids is 1. The number of nitrogens with zero attached hydrogens (tertiary/aromatic N) is 2. The van der Waals surface area contributed by atoms with Crippen molar-refractivity contribution in [1.29, 1.82) is 0 Å². The Morgan fingerprint density at radius 2 is 2.07 bits per heavy atom. The van der Waals surface area contributed by atoms with Crippen molar-refractivity contribution in [3.8, 4) is 11.3 Å². The highest BCUT2D eigenvalue weighted by molar-refractivity contribution is 9.10. The number of likely N-dealkylation sites (N-methyl/N-ethyl adjacent to an activating group) is 1. The lowest BCUT2D eigenvalue weighted by Crippen LogP contribution is -2.34. The standard InChI is InChI=1S/C21H22BrN3OS/c1-14-18(7-8-19(24-14)15-5-4-6-17(22)11-15)21(26)23-12-20(25(2)3)16-9-10-27-13-16/h4-11,13,20H,12H2,1-3H3,(H,23,26). The highest BCUT2D eigenvalue weighted by atomic mass is 79.9. The van der Waals surface area contributed by atoms with Crippen LogP contribution in [0.1, 0.15) is 27.7 Å². The number of benzene rings is 1. The van der Waals surface area contributed by atoms with Gasteiger partial charge in [0.15, 0.2) is 0 Å². The Kier molecular flexibility index (Phi) is 6.42. The molecule has 0 saturated heterocycles. The van der Waals surface area contributed by atoms with E-state index in [0.717, 1.165) is 21.4 Å². The van der Waals surface area contributed by atoms with Crippen molar-refractivity contribution in [3.05, 3.63) is 74.5 Å². The van der Waals surface area contributed by atoms with Gasteiger partial charge in [0.05, 0.1) is 23.0 Å². The van der Waals surface area contributed by atoms with Gasteiger partial charge in [-0.3, -0.25) is 9.78 Å². The van der Waals surface area contributed by atoms with E-state index in [9.17, 15) is 4.79 Å². The molecule has 1 aromatic carbocycles. The van der Waals surface area contributed by atoms with E-state index >= 15 is 0 Å². The first-order valence-corrected chi connectivity index (χ1v) is 10.4. The Balaban J connectivity index is 1.73. The fourth-order valence-electron chi connectivity index (χ4n) is 2.96. The van der Waals surface area contributed by atoms with Crippen LogP contribution >= 0.6 is 27.3 Å². The summed E-state index contributed by atoms with van der Waals surface area (Å²) < 4.78 is 1.00. The fourth-order valence-corrected chi connectivity index (χ4v) is 4.06. The van der Waals surface area contributed by atoms with E-state index in [1.165, 1.54) is 5.56 Å². The second-order valence-corrected chi connectivity index (χ2v) is 8.28. The smallest absolute Gasteiger partial charge is 0.253 e. The van der Waals surface area contributed by atoms with Gasteiger partial charge in [-0.05, 0) is 67.7 Å². The molecule has 2 aromatic heterocycles. The van der Waals surface area contributed by atoms with Crippen LogP contribution in [0.2, 0.25) is 0 Å². The maximum Gasteiger partial charge on any atom is 0.253 e. The number of thiophene rings is 1. The SMILES string of the molecule is Cc1nc(-c2cccc(Br)c2)ccc1C(=O)NCC(c1ccsc1)N(C)C.